The van der Waals surface area contributed by atoms with Crippen LogP contribution in [0.25, 0.3) is 0 Å². The molecule has 2 rings (SSSR count). The van der Waals surface area contributed by atoms with Gasteiger partial charge >= 0.3 is 0 Å². The SMILES string of the molecule is CN1CC[NH+](CC2CCC(N)C2)CC1. The first kappa shape index (κ1) is 10.4. The normalized spacial score (nSPS) is 36.4. The summed E-state index contributed by atoms with van der Waals surface area (Å²) in [5.74, 6) is 0.920. The molecule has 0 radical (unpaired) electrons. The zero-order valence-corrected chi connectivity index (χ0v) is 9.34. The smallest absolute Gasteiger partial charge is 0.0900 e. The van der Waals surface area contributed by atoms with Gasteiger partial charge in [-0.3, -0.25) is 4.90 Å². The van der Waals surface area contributed by atoms with Crippen LogP contribution in [0.1, 0.15) is 19.3 Å². The van der Waals surface area contributed by atoms with Crippen molar-refractivity contribution in [1.29, 1.82) is 0 Å². The van der Waals surface area contributed by atoms with E-state index in [1.807, 2.05) is 4.90 Å². The molecule has 2 atom stereocenters. The van der Waals surface area contributed by atoms with Gasteiger partial charge in [0.1, 0.15) is 0 Å². The lowest BCUT2D eigenvalue weighted by molar-refractivity contribution is -0.907. The quantitative estimate of drug-likeness (QED) is 0.593. The predicted molar refractivity (Wildman–Crippen MR) is 58.4 cm³/mol. The number of piperazine rings is 1. The Bertz CT molecular complexity index is 175. The number of nitrogens with one attached hydrogen (secondary N) is 1. The highest BCUT2D eigenvalue weighted by Crippen LogP contribution is 2.22. The molecule has 2 fully saturated rings. The molecule has 82 valence electrons. The minimum absolute atomic E-state index is 0.506. The molecule has 0 aromatic rings. The molecule has 1 saturated carbocycles. The standard InChI is InChI=1S/C11H23N3/c1-13-4-6-14(7-5-13)9-10-2-3-11(12)8-10/h10-11H,2-9,12H2,1H3/p+1. The van der Waals surface area contributed by atoms with Crippen LogP contribution in [0.2, 0.25) is 0 Å². The summed E-state index contributed by atoms with van der Waals surface area (Å²) in [6, 6.07) is 0.506. The summed E-state index contributed by atoms with van der Waals surface area (Å²) in [5.41, 5.74) is 5.93. The van der Waals surface area contributed by atoms with Crippen molar-refractivity contribution in [2.75, 3.05) is 39.8 Å². The number of nitrogens with zero attached hydrogens (tertiary/aromatic N) is 1. The molecule has 14 heavy (non-hydrogen) atoms. The lowest BCUT2D eigenvalue weighted by Crippen LogP contribution is -3.15. The summed E-state index contributed by atoms with van der Waals surface area (Å²) >= 11 is 0. The number of quaternary nitrogens is 1. The van der Waals surface area contributed by atoms with Crippen LogP contribution in [0.4, 0.5) is 0 Å². The van der Waals surface area contributed by atoms with Gasteiger partial charge in [-0.05, 0) is 26.3 Å². The molecule has 0 amide bonds. The van der Waals surface area contributed by atoms with Crippen LogP contribution >= 0.6 is 0 Å². The molecular weight excluding hydrogens is 174 g/mol. The van der Waals surface area contributed by atoms with Crippen molar-refractivity contribution >= 4 is 0 Å². The van der Waals surface area contributed by atoms with Gasteiger partial charge in [-0.25, -0.2) is 0 Å². The summed E-state index contributed by atoms with van der Waals surface area (Å²) in [5, 5.41) is 0. The van der Waals surface area contributed by atoms with Crippen LogP contribution < -0.4 is 10.6 Å². The molecular formula is C11H24N3+. The first-order chi connectivity index (χ1) is 6.74. The Morgan fingerprint density at radius 1 is 1.29 bits per heavy atom. The highest BCUT2D eigenvalue weighted by molar-refractivity contribution is 4.77. The Morgan fingerprint density at radius 2 is 2.00 bits per heavy atom. The third kappa shape index (κ3) is 2.69. The first-order valence-corrected chi connectivity index (χ1v) is 6.01. The largest absolute Gasteiger partial charge is 0.333 e. The Labute approximate surface area is 87.2 Å². The summed E-state index contributed by atoms with van der Waals surface area (Å²) in [6.45, 7) is 6.59. The van der Waals surface area contributed by atoms with E-state index >= 15 is 0 Å². The van der Waals surface area contributed by atoms with E-state index in [2.05, 4.69) is 11.9 Å². The molecule has 0 aromatic carbocycles. The average molecular weight is 198 g/mol. The van der Waals surface area contributed by atoms with Gasteiger partial charge in [-0.1, -0.05) is 0 Å². The molecule has 2 unspecified atom stereocenters. The van der Waals surface area contributed by atoms with Crippen LogP contribution in [0.5, 0.6) is 0 Å². The second kappa shape index (κ2) is 4.60. The first-order valence-electron chi connectivity index (χ1n) is 6.01. The van der Waals surface area contributed by atoms with E-state index in [4.69, 9.17) is 5.73 Å². The number of hydrogen-bond acceptors (Lipinski definition) is 2. The van der Waals surface area contributed by atoms with Gasteiger partial charge in [-0.2, -0.15) is 0 Å². The summed E-state index contributed by atoms with van der Waals surface area (Å²) in [6.07, 6.45) is 3.91. The lowest BCUT2D eigenvalue weighted by Gasteiger charge is -2.31. The van der Waals surface area contributed by atoms with E-state index in [1.165, 1.54) is 52.0 Å². The molecule has 0 aromatic heterocycles. The second-order valence-electron chi connectivity index (χ2n) is 5.20. The van der Waals surface area contributed by atoms with Crippen molar-refractivity contribution in [1.82, 2.24) is 4.90 Å². The average Bonchev–Trinajstić information content (AvgIpc) is 2.56. The van der Waals surface area contributed by atoms with Crippen LogP contribution in [-0.4, -0.2) is 50.7 Å². The van der Waals surface area contributed by atoms with Crippen molar-refractivity contribution in [3.8, 4) is 0 Å². The zero-order valence-electron chi connectivity index (χ0n) is 9.34. The number of nitrogens with two attached hydrogens (primary N) is 1. The fourth-order valence-electron chi connectivity index (χ4n) is 2.85. The molecule has 0 bridgehead atoms. The fraction of sp³-hybridized carbons (Fsp3) is 1.00. The molecule has 3 nitrogen and oxygen atoms in total. The molecule has 0 spiro atoms. The maximum atomic E-state index is 5.93. The third-order valence-corrected chi connectivity index (χ3v) is 3.85. The molecule has 3 N–H and O–H groups in total. The van der Waals surface area contributed by atoms with Crippen molar-refractivity contribution in [3.05, 3.63) is 0 Å². The zero-order chi connectivity index (χ0) is 9.97. The predicted octanol–water partition coefficient (Wildman–Crippen LogP) is -1.06. The Balaban J connectivity index is 1.70. The van der Waals surface area contributed by atoms with Crippen LogP contribution in [0, 0.1) is 5.92 Å². The van der Waals surface area contributed by atoms with Gasteiger partial charge in [-0.15, -0.1) is 0 Å². The van der Waals surface area contributed by atoms with Crippen molar-refractivity contribution in [3.63, 3.8) is 0 Å². The van der Waals surface area contributed by atoms with Crippen LogP contribution in [0.3, 0.4) is 0 Å². The van der Waals surface area contributed by atoms with Gasteiger partial charge in [0.2, 0.25) is 0 Å². The highest BCUT2D eigenvalue weighted by Gasteiger charge is 2.27. The summed E-state index contributed by atoms with van der Waals surface area (Å²) in [7, 11) is 2.22. The van der Waals surface area contributed by atoms with E-state index in [1.54, 1.807) is 0 Å². The van der Waals surface area contributed by atoms with E-state index in [-0.39, 0.29) is 0 Å². The minimum atomic E-state index is 0.506. The van der Waals surface area contributed by atoms with Crippen LogP contribution in [-0.2, 0) is 0 Å². The number of likely N-dealkylation sites (N-methyl/N-ethyl adjacent to an activating group) is 1. The second-order valence-corrected chi connectivity index (χ2v) is 5.20. The lowest BCUT2D eigenvalue weighted by atomic mass is 10.1. The maximum absolute atomic E-state index is 5.93. The fourth-order valence-corrected chi connectivity index (χ4v) is 2.85. The van der Waals surface area contributed by atoms with Gasteiger partial charge in [0, 0.05) is 25.0 Å². The van der Waals surface area contributed by atoms with E-state index in [0.29, 0.717) is 6.04 Å². The van der Waals surface area contributed by atoms with E-state index in [0.717, 1.165) is 5.92 Å². The Morgan fingerprint density at radius 3 is 2.57 bits per heavy atom. The third-order valence-electron chi connectivity index (χ3n) is 3.85. The molecule has 1 aliphatic heterocycles. The summed E-state index contributed by atoms with van der Waals surface area (Å²) < 4.78 is 0. The van der Waals surface area contributed by atoms with Crippen molar-refractivity contribution in [2.45, 2.75) is 25.3 Å². The molecule has 1 heterocycles. The molecule has 3 heteroatoms. The maximum Gasteiger partial charge on any atom is 0.0900 e. The molecule has 1 saturated heterocycles. The van der Waals surface area contributed by atoms with Crippen LogP contribution in [0.15, 0.2) is 0 Å². The minimum Gasteiger partial charge on any atom is -0.333 e. The topological polar surface area (TPSA) is 33.7 Å². The van der Waals surface area contributed by atoms with Gasteiger partial charge in [0.25, 0.3) is 0 Å². The van der Waals surface area contributed by atoms with Gasteiger partial charge in [0.05, 0.1) is 19.6 Å². The number of rotatable bonds is 2. The van der Waals surface area contributed by atoms with Gasteiger partial charge in [0.15, 0.2) is 0 Å². The Hall–Kier alpha value is -0.120. The molecule has 1 aliphatic carbocycles. The summed E-state index contributed by atoms with van der Waals surface area (Å²) in [4.78, 5) is 4.24. The Kier molecular flexibility index (Phi) is 3.42. The van der Waals surface area contributed by atoms with E-state index in [9.17, 15) is 0 Å². The molecule has 2 aliphatic rings. The number of hydrogen-bond donors (Lipinski definition) is 2. The monoisotopic (exact) mass is 198 g/mol. The van der Waals surface area contributed by atoms with Crippen molar-refractivity contribution < 1.29 is 4.90 Å². The van der Waals surface area contributed by atoms with E-state index < -0.39 is 0 Å². The van der Waals surface area contributed by atoms with Crippen molar-refractivity contribution in [2.24, 2.45) is 11.7 Å². The highest BCUT2D eigenvalue weighted by atomic mass is 15.2. The van der Waals surface area contributed by atoms with Gasteiger partial charge < -0.3 is 10.6 Å².